The van der Waals surface area contributed by atoms with Crippen molar-refractivity contribution in [2.24, 2.45) is 0 Å². The summed E-state index contributed by atoms with van der Waals surface area (Å²) in [6.07, 6.45) is 0.743. The van der Waals surface area contributed by atoms with Crippen molar-refractivity contribution >= 4 is 23.3 Å². The van der Waals surface area contributed by atoms with E-state index in [1.165, 1.54) is 0 Å². The van der Waals surface area contributed by atoms with E-state index in [4.69, 9.17) is 14.2 Å². The number of hydrogen-bond donors (Lipinski definition) is 1. The van der Waals surface area contributed by atoms with Gasteiger partial charge in [0.15, 0.2) is 0 Å². The molecule has 7 nitrogen and oxygen atoms in total. The van der Waals surface area contributed by atoms with Gasteiger partial charge < -0.3 is 24.4 Å². The summed E-state index contributed by atoms with van der Waals surface area (Å²) in [5.74, 6) is 0.0606. The maximum Gasteiger partial charge on any atom is 0.340 e. The van der Waals surface area contributed by atoms with E-state index in [0.717, 1.165) is 12.1 Å². The molecule has 0 saturated carbocycles. The molecule has 2 aromatic rings. The van der Waals surface area contributed by atoms with Gasteiger partial charge >= 0.3 is 5.97 Å². The van der Waals surface area contributed by atoms with Crippen LogP contribution in [0.3, 0.4) is 0 Å². The molecule has 30 heavy (non-hydrogen) atoms. The van der Waals surface area contributed by atoms with Gasteiger partial charge in [0.1, 0.15) is 5.75 Å². The molecule has 1 saturated heterocycles. The van der Waals surface area contributed by atoms with Crippen LogP contribution in [0.15, 0.2) is 42.5 Å². The monoisotopic (exact) mass is 412 g/mol. The van der Waals surface area contributed by atoms with Crippen molar-refractivity contribution in [2.75, 3.05) is 49.7 Å². The van der Waals surface area contributed by atoms with Crippen LogP contribution in [0, 0.1) is 0 Å². The van der Waals surface area contributed by atoms with E-state index in [-0.39, 0.29) is 5.91 Å². The predicted molar refractivity (Wildman–Crippen MR) is 116 cm³/mol. The third kappa shape index (κ3) is 5.51. The lowest BCUT2D eigenvalue weighted by Crippen LogP contribution is -2.37. The summed E-state index contributed by atoms with van der Waals surface area (Å²) in [5, 5.41) is 2.86. The molecule has 1 fully saturated rings. The van der Waals surface area contributed by atoms with Crippen LogP contribution in [-0.2, 0) is 9.47 Å². The van der Waals surface area contributed by atoms with Crippen LogP contribution < -0.4 is 15.0 Å². The smallest absolute Gasteiger partial charge is 0.340 e. The van der Waals surface area contributed by atoms with Gasteiger partial charge in [0, 0.05) is 24.3 Å². The number of carbonyl (C=O) groups excluding carboxylic acids is 2. The normalized spacial score (nSPS) is 13.6. The first-order valence-electron chi connectivity index (χ1n) is 10.3. The quantitative estimate of drug-likeness (QED) is 0.666. The number of esters is 1. The minimum absolute atomic E-state index is 0.259. The standard InChI is InChI=1S/C23H28N2O5/c1-3-13-30-23(27)20-16-18(7-10-21(20)25-11-14-28-15-12-25)24-22(26)17-5-8-19(9-6-17)29-4-2/h5-10,16H,3-4,11-15H2,1-2H3,(H,24,26). The second-order valence-electron chi connectivity index (χ2n) is 6.88. The van der Waals surface area contributed by atoms with Gasteiger partial charge in [0.2, 0.25) is 0 Å². The highest BCUT2D eigenvalue weighted by Gasteiger charge is 2.21. The molecule has 1 N–H and O–H groups in total. The number of anilines is 2. The third-order valence-corrected chi connectivity index (χ3v) is 4.69. The summed E-state index contributed by atoms with van der Waals surface area (Å²) in [7, 11) is 0. The van der Waals surface area contributed by atoms with Crippen LogP contribution in [0.5, 0.6) is 5.75 Å². The summed E-state index contributed by atoms with van der Waals surface area (Å²) < 4.78 is 16.2. The Bertz CT molecular complexity index is 860. The molecule has 0 aromatic heterocycles. The Kier molecular flexibility index (Phi) is 7.68. The number of rotatable bonds is 8. The minimum Gasteiger partial charge on any atom is -0.494 e. The summed E-state index contributed by atoms with van der Waals surface area (Å²) >= 11 is 0. The van der Waals surface area contributed by atoms with E-state index < -0.39 is 5.97 Å². The molecule has 2 aromatic carbocycles. The van der Waals surface area contributed by atoms with E-state index in [9.17, 15) is 9.59 Å². The first kappa shape index (κ1) is 21.6. The molecular weight excluding hydrogens is 384 g/mol. The predicted octanol–water partition coefficient (Wildman–Crippen LogP) is 3.74. The molecule has 1 aliphatic rings. The SMILES string of the molecule is CCCOC(=O)c1cc(NC(=O)c2ccc(OCC)cc2)ccc1N1CCOCC1. The fraction of sp³-hybridized carbons (Fsp3) is 0.391. The number of nitrogens with one attached hydrogen (secondary N) is 1. The Morgan fingerprint density at radius 1 is 1.07 bits per heavy atom. The number of benzene rings is 2. The van der Waals surface area contributed by atoms with Gasteiger partial charge in [-0.05, 0) is 55.8 Å². The highest BCUT2D eigenvalue weighted by atomic mass is 16.5. The maximum atomic E-state index is 12.7. The zero-order valence-corrected chi connectivity index (χ0v) is 17.5. The third-order valence-electron chi connectivity index (χ3n) is 4.69. The van der Waals surface area contributed by atoms with Crippen LogP contribution in [0.2, 0.25) is 0 Å². The molecule has 3 rings (SSSR count). The van der Waals surface area contributed by atoms with Gasteiger partial charge in [-0.15, -0.1) is 0 Å². The fourth-order valence-electron chi connectivity index (χ4n) is 3.20. The van der Waals surface area contributed by atoms with Crippen LogP contribution in [-0.4, -0.2) is 51.4 Å². The molecule has 0 spiro atoms. The molecule has 0 bridgehead atoms. The van der Waals surface area contributed by atoms with Crippen LogP contribution in [0.1, 0.15) is 41.0 Å². The van der Waals surface area contributed by atoms with Crippen LogP contribution in [0.4, 0.5) is 11.4 Å². The number of nitrogens with zero attached hydrogens (tertiary/aromatic N) is 1. The number of morpholine rings is 1. The zero-order valence-electron chi connectivity index (χ0n) is 17.5. The Morgan fingerprint density at radius 2 is 1.80 bits per heavy atom. The fourth-order valence-corrected chi connectivity index (χ4v) is 3.20. The molecule has 1 aliphatic heterocycles. The molecule has 1 heterocycles. The van der Waals surface area contributed by atoms with Gasteiger partial charge in [-0.25, -0.2) is 4.79 Å². The Morgan fingerprint density at radius 3 is 2.47 bits per heavy atom. The van der Waals surface area contributed by atoms with Crippen molar-refractivity contribution in [3.8, 4) is 5.75 Å². The molecule has 1 amide bonds. The first-order valence-corrected chi connectivity index (χ1v) is 10.3. The summed E-state index contributed by atoms with van der Waals surface area (Å²) in [6.45, 7) is 7.40. The van der Waals surface area contributed by atoms with Gasteiger partial charge in [0.05, 0.1) is 37.7 Å². The van der Waals surface area contributed by atoms with Crippen molar-refractivity contribution in [1.82, 2.24) is 0 Å². The summed E-state index contributed by atoms with van der Waals surface area (Å²) in [6, 6.07) is 12.3. The number of amides is 1. The van der Waals surface area contributed by atoms with Gasteiger partial charge in [-0.1, -0.05) is 6.92 Å². The van der Waals surface area contributed by atoms with Crippen molar-refractivity contribution in [2.45, 2.75) is 20.3 Å². The van der Waals surface area contributed by atoms with E-state index >= 15 is 0 Å². The lowest BCUT2D eigenvalue weighted by Gasteiger charge is -2.30. The van der Waals surface area contributed by atoms with E-state index in [2.05, 4.69) is 10.2 Å². The zero-order chi connectivity index (χ0) is 21.3. The van der Waals surface area contributed by atoms with E-state index in [1.54, 1.807) is 36.4 Å². The average Bonchev–Trinajstić information content (AvgIpc) is 2.78. The Hall–Kier alpha value is -3.06. The van der Waals surface area contributed by atoms with Crippen LogP contribution in [0.25, 0.3) is 0 Å². The van der Waals surface area contributed by atoms with Crippen molar-refractivity contribution < 1.29 is 23.8 Å². The Balaban J connectivity index is 1.80. The van der Waals surface area contributed by atoms with Crippen molar-refractivity contribution in [3.63, 3.8) is 0 Å². The maximum absolute atomic E-state index is 12.7. The second-order valence-corrected chi connectivity index (χ2v) is 6.88. The highest BCUT2D eigenvalue weighted by Crippen LogP contribution is 2.27. The molecule has 0 unspecified atom stereocenters. The molecule has 0 aliphatic carbocycles. The van der Waals surface area contributed by atoms with Crippen molar-refractivity contribution in [3.05, 3.63) is 53.6 Å². The topological polar surface area (TPSA) is 77.1 Å². The first-order chi connectivity index (χ1) is 14.6. The molecule has 7 heteroatoms. The minimum atomic E-state index is -0.393. The average molecular weight is 412 g/mol. The number of hydrogen-bond acceptors (Lipinski definition) is 6. The van der Waals surface area contributed by atoms with Gasteiger partial charge in [-0.2, -0.15) is 0 Å². The van der Waals surface area contributed by atoms with E-state index in [1.807, 2.05) is 19.9 Å². The lowest BCUT2D eigenvalue weighted by atomic mass is 10.1. The van der Waals surface area contributed by atoms with Gasteiger partial charge in [-0.3, -0.25) is 4.79 Å². The molecule has 0 radical (unpaired) electrons. The van der Waals surface area contributed by atoms with E-state index in [0.29, 0.717) is 62.1 Å². The lowest BCUT2D eigenvalue weighted by molar-refractivity contribution is 0.0504. The molecule has 0 atom stereocenters. The number of ether oxygens (including phenoxy) is 3. The molecule has 160 valence electrons. The molecular formula is C23H28N2O5. The second kappa shape index (κ2) is 10.6. The Labute approximate surface area is 176 Å². The van der Waals surface area contributed by atoms with Crippen LogP contribution >= 0.6 is 0 Å². The highest BCUT2D eigenvalue weighted by molar-refractivity contribution is 6.05. The summed E-state index contributed by atoms with van der Waals surface area (Å²) in [4.78, 5) is 27.4. The summed E-state index contributed by atoms with van der Waals surface area (Å²) in [5.41, 5.74) is 2.27. The van der Waals surface area contributed by atoms with Gasteiger partial charge in [0.25, 0.3) is 5.91 Å². The number of carbonyl (C=O) groups is 2. The largest absolute Gasteiger partial charge is 0.494 e. The van der Waals surface area contributed by atoms with Crippen molar-refractivity contribution in [1.29, 1.82) is 0 Å².